The van der Waals surface area contributed by atoms with Gasteiger partial charge >= 0.3 is 5.97 Å². The van der Waals surface area contributed by atoms with Crippen LogP contribution in [0.25, 0.3) is 0 Å². The standard InChI is InChI=1S/C16H23NO2/c1-3-5-12(2)11-19-16(18)15-7-4-6-13-10-17-9-8-14(13)15/h4,6-7,12,17H,3,5,8-11H2,1-2H3. The van der Waals surface area contributed by atoms with Crippen molar-refractivity contribution in [2.75, 3.05) is 13.2 Å². The second kappa shape index (κ2) is 6.71. The highest BCUT2D eigenvalue weighted by Gasteiger charge is 2.18. The molecule has 1 N–H and O–H groups in total. The van der Waals surface area contributed by atoms with Crippen LogP contribution >= 0.6 is 0 Å². The molecule has 1 atom stereocenters. The van der Waals surface area contributed by atoms with Gasteiger partial charge in [-0.3, -0.25) is 0 Å². The van der Waals surface area contributed by atoms with Crippen molar-refractivity contribution in [3.8, 4) is 0 Å². The van der Waals surface area contributed by atoms with Crippen LogP contribution in [0, 0.1) is 5.92 Å². The molecule has 0 saturated heterocycles. The summed E-state index contributed by atoms with van der Waals surface area (Å²) in [6.07, 6.45) is 3.14. The van der Waals surface area contributed by atoms with Crippen LogP contribution in [0.2, 0.25) is 0 Å². The molecule has 2 rings (SSSR count). The largest absolute Gasteiger partial charge is 0.462 e. The lowest BCUT2D eigenvalue weighted by atomic mass is 9.95. The van der Waals surface area contributed by atoms with Crippen molar-refractivity contribution in [3.63, 3.8) is 0 Å². The number of benzene rings is 1. The molecule has 1 aromatic carbocycles. The minimum absolute atomic E-state index is 0.165. The van der Waals surface area contributed by atoms with Crippen molar-refractivity contribution in [3.05, 3.63) is 34.9 Å². The number of ether oxygens (including phenoxy) is 1. The Morgan fingerprint density at radius 1 is 1.47 bits per heavy atom. The Morgan fingerprint density at radius 3 is 3.11 bits per heavy atom. The van der Waals surface area contributed by atoms with Gasteiger partial charge in [0.1, 0.15) is 0 Å². The van der Waals surface area contributed by atoms with E-state index in [-0.39, 0.29) is 5.97 Å². The van der Waals surface area contributed by atoms with Crippen LogP contribution in [0.15, 0.2) is 18.2 Å². The summed E-state index contributed by atoms with van der Waals surface area (Å²) in [5.41, 5.74) is 3.14. The van der Waals surface area contributed by atoms with Crippen LogP contribution in [-0.2, 0) is 17.7 Å². The Balaban J connectivity index is 2.03. The highest BCUT2D eigenvalue weighted by atomic mass is 16.5. The van der Waals surface area contributed by atoms with Crippen LogP contribution in [0.3, 0.4) is 0 Å². The van der Waals surface area contributed by atoms with Crippen molar-refractivity contribution >= 4 is 5.97 Å². The minimum atomic E-state index is -0.165. The first-order valence-electron chi connectivity index (χ1n) is 7.21. The molecule has 1 unspecified atom stereocenters. The minimum Gasteiger partial charge on any atom is -0.462 e. The van der Waals surface area contributed by atoms with Gasteiger partial charge in [0.2, 0.25) is 0 Å². The molecule has 0 fully saturated rings. The van der Waals surface area contributed by atoms with Gasteiger partial charge in [-0.1, -0.05) is 32.4 Å². The Labute approximate surface area is 115 Å². The lowest BCUT2D eigenvalue weighted by Gasteiger charge is -2.20. The van der Waals surface area contributed by atoms with Crippen LogP contribution in [0.1, 0.15) is 48.2 Å². The molecule has 1 heterocycles. The smallest absolute Gasteiger partial charge is 0.338 e. The van der Waals surface area contributed by atoms with Crippen molar-refractivity contribution in [2.24, 2.45) is 5.92 Å². The lowest BCUT2D eigenvalue weighted by molar-refractivity contribution is 0.0442. The van der Waals surface area contributed by atoms with Gasteiger partial charge in [0, 0.05) is 6.54 Å². The van der Waals surface area contributed by atoms with E-state index in [0.29, 0.717) is 12.5 Å². The predicted molar refractivity (Wildman–Crippen MR) is 76.2 cm³/mol. The number of rotatable bonds is 5. The highest BCUT2D eigenvalue weighted by molar-refractivity contribution is 5.91. The van der Waals surface area contributed by atoms with E-state index >= 15 is 0 Å². The third-order valence-electron chi connectivity index (χ3n) is 3.64. The summed E-state index contributed by atoms with van der Waals surface area (Å²) in [7, 11) is 0. The fourth-order valence-corrected chi connectivity index (χ4v) is 2.60. The number of carbonyl (C=O) groups is 1. The van der Waals surface area contributed by atoms with Gasteiger partial charge in [0.25, 0.3) is 0 Å². The second-order valence-electron chi connectivity index (χ2n) is 5.36. The van der Waals surface area contributed by atoms with Gasteiger partial charge in [-0.05, 0) is 42.5 Å². The van der Waals surface area contributed by atoms with Crippen LogP contribution < -0.4 is 5.32 Å². The molecule has 3 heteroatoms. The number of hydrogen-bond donors (Lipinski definition) is 1. The quantitative estimate of drug-likeness (QED) is 0.828. The van der Waals surface area contributed by atoms with Gasteiger partial charge in [0.15, 0.2) is 0 Å². The van der Waals surface area contributed by atoms with Crippen molar-refractivity contribution in [1.82, 2.24) is 5.32 Å². The number of carbonyl (C=O) groups excluding carboxylic acids is 1. The van der Waals surface area contributed by atoms with Gasteiger partial charge in [0.05, 0.1) is 12.2 Å². The number of nitrogens with one attached hydrogen (secondary N) is 1. The zero-order valence-corrected chi connectivity index (χ0v) is 11.9. The monoisotopic (exact) mass is 261 g/mol. The molecule has 1 aliphatic rings. The molecule has 0 radical (unpaired) electrons. The highest BCUT2D eigenvalue weighted by Crippen LogP contribution is 2.20. The van der Waals surface area contributed by atoms with Crippen LogP contribution in [0.4, 0.5) is 0 Å². The molecule has 19 heavy (non-hydrogen) atoms. The molecule has 1 aromatic rings. The molecule has 0 aromatic heterocycles. The Kier molecular flexibility index (Phi) is 4.97. The molecule has 0 bridgehead atoms. The Bertz CT molecular complexity index is 442. The Morgan fingerprint density at radius 2 is 2.32 bits per heavy atom. The van der Waals surface area contributed by atoms with Gasteiger partial charge in [-0.2, -0.15) is 0 Å². The Hall–Kier alpha value is -1.35. The SMILES string of the molecule is CCCC(C)COC(=O)c1cccc2c1CCNC2. The van der Waals surface area contributed by atoms with E-state index in [9.17, 15) is 4.79 Å². The molecule has 0 aliphatic carbocycles. The van der Waals surface area contributed by atoms with E-state index in [4.69, 9.17) is 4.74 Å². The maximum absolute atomic E-state index is 12.2. The third-order valence-corrected chi connectivity index (χ3v) is 3.64. The third kappa shape index (κ3) is 3.57. The van der Waals surface area contributed by atoms with E-state index in [2.05, 4.69) is 25.2 Å². The van der Waals surface area contributed by atoms with E-state index in [1.165, 1.54) is 5.56 Å². The summed E-state index contributed by atoms with van der Waals surface area (Å²) in [5, 5.41) is 3.32. The molecule has 0 spiro atoms. The summed E-state index contributed by atoms with van der Waals surface area (Å²) in [4.78, 5) is 12.2. The van der Waals surface area contributed by atoms with E-state index < -0.39 is 0 Å². The fourth-order valence-electron chi connectivity index (χ4n) is 2.60. The second-order valence-corrected chi connectivity index (χ2v) is 5.36. The zero-order valence-electron chi connectivity index (χ0n) is 11.9. The number of fused-ring (bicyclic) bond motifs is 1. The molecular weight excluding hydrogens is 238 g/mol. The molecule has 0 saturated carbocycles. The van der Waals surface area contributed by atoms with Crippen molar-refractivity contribution in [1.29, 1.82) is 0 Å². The van der Waals surface area contributed by atoms with Crippen molar-refractivity contribution in [2.45, 2.75) is 39.7 Å². The maximum atomic E-state index is 12.2. The summed E-state index contributed by atoms with van der Waals surface area (Å²) < 4.78 is 5.45. The maximum Gasteiger partial charge on any atom is 0.338 e. The summed E-state index contributed by atoms with van der Waals surface area (Å²) >= 11 is 0. The van der Waals surface area contributed by atoms with Gasteiger partial charge in [-0.15, -0.1) is 0 Å². The van der Waals surface area contributed by atoms with E-state index in [1.54, 1.807) is 0 Å². The van der Waals surface area contributed by atoms with Gasteiger partial charge in [-0.25, -0.2) is 4.79 Å². The first-order valence-corrected chi connectivity index (χ1v) is 7.21. The van der Waals surface area contributed by atoms with E-state index in [0.717, 1.165) is 43.5 Å². The summed E-state index contributed by atoms with van der Waals surface area (Å²) in [6, 6.07) is 5.91. The first kappa shape index (κ1) is 14.1. The normalized spacial score (nSPS) is 15.7. The zero-order chi connectivity index (χ0) is 13.7. The average molecular weight is 261 g/mol. The molecular formula is C16H23NO2. The lowest BCUT2D eigenvalue weighted by Crippen LogP contribution is -2.26. The van der Waals surface area contributed by atoms with E-state index in [1.807, 2.05) is 12.1 Å². The van der Waals surface area contributed by atoms with Gasteiger partial charge < -0.3 is 10.1 Å². The summed E-state index contributed by atoms with van der Waals surface area (Å²) in [5.74, 6) is 0.275. The molecule has 1 aliphatic heterocycles. The number of hydrogen-bond acceptors (Lipinski definition) is 3. The topological polar surface area (TPSA) is 38.3 Å². The van der Waals surface area contributed by atoms with Crippen molar-refractivity contribution < 1.29 is 9.53 Å². The fraction of sp³-hybridized carbons (Fsp3) is 0.562. The first-order chi connectivity index (χ1) is 9.22. The number of esters is 1. The van der Waals surface area contributed by atoms with Crippen LogP contribution in [0.5, 0.6) is 0 Å². The average Bonchev–Trinajstić information content (AvgIpc) is 2.44. The van der Waals surface area contributed by atoms with Crippen LogP contribution in [-0.4, -0.2) is 19.1 Å². The molecule has 0 amide bonds. The molecule has 3 nitrogen and oxygen atoms in total. The summed E-state index contributed by atoms with van der Waals surface area (Å²) in [6.45, 7) is 6.58. The predicted octanol–water partition coefficient (Wildman–Crippen LogP) is 2.93. The molecule has 104 valence electrons.